The number of fused-ring (bicyclic) bond motifs is 1. The maximum atomic E-state index is 12.5. The van der Waals surface area contributed by atoms with E-state index in [1.54, 1.807) is 18.5 Å². The van der Waals surface area contributed by atoms with E-state index in [-0.39, 0.29) is 11.8 Å². The molecule has 2 fully saturated rings. The first-order chi connectivity index (χ1) is 13.9. The molecule has 4 N–H and O–H groups in total. The molecule has 2 aromatic rings. The van der Waals surface area contributed by atoms with E-state index in [2.05, 4.69) is 34.1 Å². The minimum absolute atomic E-state index is 0.110. The Morgan fingerprint density at radius 3 is 2.76 bits per heavy atom. The smallest absolute Gasteiger partial charge is 0.269 e. The van der Waals surface area contributed by atoms with Gasteiger partial charge in [-0.1, -0.05) is 13.8 Å². The summed E-state index contributed by atoms with van der Waals surface area (Å²) in [4.78, 5) is 38.1. The van der Waals surface area contributed by atoms with Gasteiger partial charge in [-0.3, -0.25) is 9.59 Å². The van der Waals surface area contributed by atoms with Crippen LogP contribution in [0.3, 0.4) is 0 Å². The van der Waals surface area contributed by atoms with Crippen molar-refractivity contribution in [2.45, 2.75) is 26.7 Å². The van der Waals surface area contributed by atoms with E-state index in [0.717, 1.165) is 30.9 Å². The summed E-state index contributed by atoms with van der Waals surface area (Å²) in [5, 5.41) is 3.01. The number of hydrogen-bond acceptors (Lipinski definition) is 5. The first-order valence-corrected chi connectivity index (χ1v) is 10.2. The van der Waals surface area contributed by atoms with Crippen LogP contribution in [0, 0.1) is 23.7 Å². The minimum Gasteiger partial charge on any atom is -0.384 e. The number of hydrogen-bond donors (Lipinski definition) is 3. The number of likely N-dealkylation sites (tertiary alicyclic amines) is 1. The molecule has 0 aromatic carbocycles. The predicted octanol–water partition coefficient (Wildman–Crippen LogP) is 1.26. The Kier molecular flexibility index (Phi) is 5.25. The van der Waals surface area contributed by atoms with E-state index in [9.17, 15) is 9.59 Å². The molecule has 0 spiro atoms. The third kappa shape index (κ3) is 4.41. The molecule has 1 saturated carbocycles. The van der Waals surface area contributed by atoms with Crippen LogP contribution in [-0.4, -0.2) is 51.3 Å². The summed E-state index contributed by atoms with van der Waals surface area (Å²) in [6.45, 7) is 6.43. The number of aromatic nitrogens is 3. The second kappa shape index (κ2) is 7.85. The summed E-state index contributed by atoms with van der Waals surface area (Å²) in [7, 11) is 0. The van der Waals surface area contributed by atoms with Gasteiger partial charge in [-0.2, -0.15) is 0 Å². The van der Waals surface area contributed by atoms with Crippen LogP contribution in [-0.2, 0) is 17.6 Å². The fourth-order valence-electron chi connectivity index (χ4n) is 4.32. The number of carbonyl (C=O) groups is 2. The topological polar surface area (TPSA) is 117 Å². The molecule has 3 heterocycles. The quantitative estimate of drug-likeness (QED) is 0.651. The lowest BCUT2D eigenvalue weighted by Gasteiger charge is -2.20. The van der Waals surface area contributed by atoms with E-state index < -0.39 is 0 Å². The van der Waals surface area contributed by atoms with E-state index in [1.807, 2.05) is 11.0 Å². The number of piperidine rings is 1. The number of nitrogens with one attached hydrogen (secondary N) is 2. The van der Waals surface area contributed by atoms with Crippen molar-refractivity contribution < 1.29 is 9.59 Å². The van der Waals surface area contributed by atoms with Gasteiger partial charge in [0.15, 0.2) is 0 Å². The number of carbonyl (C=O) groups excluding carboxylic acids is 2. The second-order valence-electron chi connectivity index (χ2n) is 8.61. The summed E-state index contributed by atoms with van der Waals surface area (Å²) in [6.07, 6.45) is 4.42. The molecule has 4 rings (SSSR count). The highest BCUT2D eigenvalue weighted by molar-refractivity contribution is 5.92. The molecule has 0 radical (unpaired) electrons. The molecule has 1 saturated heterocycles. The Bertz CT molecular complexity index is 896. The van der Waals surface area contributed by atoms with Crippen molar-refractivity contribution in [1.82, 2.24) is 25.2 Å². The number of imidazole rings is 1. The number of rotatable bonds is 7. The molecule has 1 aliphatic heterocycles. The standard InChI is InChI=1S/C21H28N6O2/c1-12(2)5-19-24-9-17(26-19)21(29)25-8-14-15-10-27(11-16(14)15)20(28)7-13-3-4-23-18(22)6-13/h3-4,6,9,12,14-16H,5,7-8,10-11H2,1-2H3,(H2,22,23)(H,24,26)(H,25,29)/t14?,15-,16+. The molecule has 154 valence electrons. The zero-order valence-electron chi connectivity index (χ0n) is 16.9. The fourth-order valence-corrected chi connectivity index (χ4v) is 4.32. The highest BCUT2D eigenvalue weighted by atomic mass is 16.2. The number of anilines is 1. The molecular formula is C21H28N6O2. The molecule has 1 aliphatic carbocycles. The van der Waals surface area contributed by atoms with Crippen molar-refractivity contribution in [1.29, 1.82) is 0 Å². The van der Waals surface area contributed by atoms with Crippen LogP contribution < -0.4 is 11.1 Å². The van der Waals surface area contributed by atoms with E-state index >= 15 is 0 Å². The summed E-state index contributed by atoms with van der Waals surface area (Å²) >= 11 is 0. The molecule has 2 amide bonds. The van der Waals surface area contributed by atoms with Gasteiger partial charge >= 0.3 is 0 Å². The van der Waals surface area contributed by atoms with Crippen LogP contribution in [0.1, 0.15) is 35.7 Å². The Morgan fingerprint density at radius 2 is 2.07 bits per heavy atom. The van der Waals surface area contributed by atoms with E-state index in [1.165, 1.54) is 0 Å². The zero-order chi connectivity index (χ0) is 20.5. The Labute approximate surface area is 170 Å². The lowest BCUT2D eigenvalue weighted by Crippen LogP contribution is -2.35. The lowest BCUT2D eigenvalue weighted by molar-refractivity contribution is -0.130. The van der Waals surface area contributed by atoms with Crippen molar-refractivity contribution in [3.05, 3.63) is 41.6 Å². The first kappa shape index (κ1) is 19.4. The minimum atomic E-state index is -0.110. The molecule has 8 nitrogen and oxygen atoms in total. The van der Waals surface area contributed by atoms with Crippen LogP contribution in [0.25, 0.3) is 0 Å². The highest BCUT2D eigenvalue weighted by Gasteiger charge is 2.56. The average Bonchev–Trinajstić information content (AvgIpc) is 3.03. The van der Waals surface area contributed by atoms with Crippen molar-refractivity contribution in [2.75, 3.05) is 25.4 Å². The highest BCUT2D eigenvalue weighted by Crippen LogP contribution is 2.51. The van der Waals surface area contributed by atoms with Gasteiger partial charge in [0.2, 0.25) is 5.91 Å². The van der Waals surface area contributed by atoms with Gasteiger partial charge in [-0.25, -0.2) is 9.97 Å². The van der Waals surface area contributed by atoms with Crippen molar-refractivity contribution in [3.8, 4) is 0 Å². The van der Waals surface area contributed by atoms with Crippen LogP contribution in [0.2, 0.25) is 0 Å². The van der Waals surface area contributed by atoms with E-state index in [0.29, 0.717) is 48.1 Å². The number of nitrogen functional groups attached to an aromatic ring is 1. The number of H-pyrrole nitrogens is 1. The number of nitrogens with two attached hydrogens (primary N) is 1. The average molecular weight is 396 g/mol. The molecule has 0 bridgehead atoms. The van der Waals surface area contributed by atoms with E-state index in [4.69, 9.17) is 5.73 Å². The number of amides is 2. The third-order valence-electron chi connectivity index (χ3n) is 5.90. The van der Waals surface area contributed by atoms with Crippen molar-refractivity contribution in [3.63, 3.8) is 0 Å². The molecule has 2 aromatic heterocycles. The van der Waals surface area contributed by atoms with Gasteiger partial charge in [0, 0.05) is 32.3 Å². The Balaban J connectivity index is 1.21. The van der Waals surface area contributed by atoms with Crippen LogP contribution in [0.4, 0.5) is 5.82 Å². The van der Waals surface area contributed by atoms with Gasteiger partial charge in [0.25, 0.3) is 5.91 Å². The zero-order valence-corrected chi connectivity index (χ0v) is 16.9. The van der Waals surface area contributed by atoms with Gasteiger partial charge in [-0.05, 0) is 41.4 Å². The first-order valence-electron chi connectivity index (χ1n) is 10.2. The summed E-state index contributed by atoms with van der Waals surface area (Å²) in [6, 6.07) is 3.57. The molecular weight excluding hydrogens is 368 g/mol. The predicted molar refractivity (Wildman–Crippen MR) is 109 cm³/mol. The summed E-state index contributed by atoms with van der Waals surface area (Å²) in [5.41, 5.74) is 7.09. The Morgan fingerprint density at radius 1 is 1.31 bits per heavy atom. The lowest BCUT2D eigenvalue weighted by atomic mass is 10.1. The molecule has 2 aliphatic rings. The van der Waals surface area contributed by atoms with Gasteiger partial charge in [0.05, 0.1) is 12.6 Å². The van der Waals surface area contributed by atoms with Crippen LogP contribution in [0.5, 0.6) is 0 Å². The number of aromatic amines is 1. The largest absolute Gasteiger partial charge is 0.384 e. The fraction of sp³-hybridized carbons (Fsp3) is 0.524. The number of nitrogens with zero attached hydrogens (tertiary/aromatic N) is 3. The second-order valence-corrected chi connectivity index (χ2v) is 8.61. The number of pyridine rings is 1. The van der Waals surface area contributed by atoms with Crippen LogP contribution in [0.15, 0.2) is 24.5 Å². The summed E-state index contributed by atoms with van der Waals surface area (Å²) < 4.78 is 0. The molecule has 8 heteroatoms. The Hall–Kier alpha value is -2.90. The van der Waals surface area contributed by atoms with Gasteiger partial charge in [-0.15, -0.1) is 0 Å². The van der Waals surface area contributed by atoms with Crippen molar-refractivity contribution >= 4 is 17.6 Å². The van der Waals surface area contributed by atoms with Gasteiger partial charge in [0.1, 0.15) is 17.3 Å². The summed E-state index contributed by atoms with van der Waals surface area (Å²) in [5.74, 6) is 3.21. The molecule has 1 unspecified atom stereocenters. The molecule has 29 heavy (non-hydrogen) atoms. The van der Waals surface area contributed by atoms with Gasteiger partial charge < -0.3 is 20.9 Å². The third-order valence-corrected chi connectivity index (χ3v) is 5.90. The molecule has 3 atom stereocenters. The van der Waals surface area contributed by atoms with Crippen molar-refractivity contribution in [2.24, 2.45) is 23.7 Å². The normalized spacial score (nSPS) is 22.6. The SMILES string of the molecule is CC(C)Cc1ncc(C(=O)NCC2[C@H]3CN(C(=O)Cc4ccnc(N)c4)C[C@@H]23)[nH]1. The monoisotopic (exact) mass is 396 g/mol. The van der Waals surface area contributed by atoms with Crippen LogP contribution >= 0.6 is 0 Å². The maximum absolute atomic E-state index is 12.5. The maximum Gasteiger partial charge on any atom is 0.269 e.